The lowest BCUT2D eigenvalue weighted by molar-refractivity contribution is 0.144. The normalized spacial score (nSPS) is 17.3. The highest BCUT2D eigenvalue weighted by Gasteiger charge is 2.36. The number of nitrogen functional groups attached to an aromatic ring is 1. The molecule has 100 valence electrons. The van der Waals surface area contributed by atoms with E-state index in [9.17, 15) is 5.11 Å². The first-order chi connectivity index (χ1) is 8.56. The molecule has 0 bridgehead atoms. The van der Waals surface area contributed by atoms with Crippen LogP contribution < -0.4 is 15.8 Å². The summed E-state index contributed by atoms with van der Waals surface area (Å²) in [5.41, 5.74) is 7.38. The third-order valence-corrected chi connectivity index (χ3v) is 3.44. The molecule has 1 aromatic rings. The van der Waals surface area contributed by atoms with E-state index in [-0.39, 0.29) is 18.2 Å². The van der Waals surface area contributed by atoms with Gasteiger partial charge in [0.2, 0.25) is 0 Å². The van der Waals surface area contributed by atoms with Crippen molar-refractivity contribution in [2.75, 3.05) is 17.7 Å². The summed E-state index contributed by atoms with van der Waals surface area (Å²) in [6, 6.07) is 5.71. The van der Waals surface area contributed by atoms with Crippen molar-refractivity contribution >= 4 is 11.4 Å². The number of hydrogen-bond donors (Lipinski definition) is 3. The second kappa shape index (κ2) is 5.06. The number of rotatable bonds is 5. The first-order valence-electron chi connectivity index (χ1n) is 6.50. The highest BCUT2D eigenvalue weighted by atomic mass is 16.5. The number of aliphatic hydroxyl groups excluding tert-OH is 1. The van der Waals surface area contributed by atoms with E-state index in [2.05, 4.69) is 5.32 Å². The zero-order chi connectivity index (χ0) is 13.2. The molecular weight excluding hydrogens is 228 g/mol. The Morgan fingerprint density at radius 1 is 1.44 bits per heavy atom. The summed E-state index contributed by atoms with van der Waals surface area (Å²) < 4.78 is 5.66. The van der Waals surface area contributed by atoms with Gasteiger partial charge in [-0.15, -0.1) is 0 Å². The van der Waals surface area contributed by atoms with Crippen molar-refractivity contribution < 1.29 is 9.84 Å². The predicted molar refractivity (Wildman–Crippen MR) is 73.9 cm³/mol. The summed E-state index contributed by atoms with van der Waals surface area (Å²) in [6.45, 7) is 4.09. The van der Waals surface area contributed by atoms with Crippen LogP contribution in [0.3, 0.4) is 0 Å². The molecule has 1 aliphatic rings. The second-order valence-electron chi connectivity index (χ2n) is 5.30. The Bertz CT molecular complexity index is 409. The third kappa shape index (κ3) is 2.53. The SMILES string of the molecule is CC(C)Oc1cccc(NC2(CO)CCC2)c1N. The van der Waals surface area contributed by atoms with Gasteiger partial charge in [0, 0.05) is 0 Å². The molecule has 0 aliphatic heterocycles. The van der Waals surface area contributed by atoms with Crippen LogP contribution in [0.25, 0.3) is 0 Å². The van der Waals surface area contributed by atoms with Crippen molar-refractivity contribution in [2.24, 2.45) is 0 Å². The maximum absolute atomic E-state index is 9.47. The van der Waals surface area contributed by atoms with Crippen molar-refractivity contribution in [1.82, 2.24) is 0 Å². The minimum Gasteiger partial charge on any atom is -0.489 e. The van der Waals surface area contributed by atoms with E-state index in [1.54, 1.807) is 0 Å². The van der Waals surface area contributed by atoms with Crippen LogP contribution in [-0.2, 0) is 0 Å². The van der Waals surface area contributed by atoms with E-state index in [0.717, 1.165) is 24.9 Å². The quantitative estimate of drug-likeness (QED) is 0.702. The Morgan fingerprint density at radius 2 is 2.17 bits per heavy atom. The van der Waals surface area contributed by atoms with Crippen LogP contribution in [-0.4, -0.2) is 23.4 Å². The fraction of sp³-hybridized carbons (Fsp3) is 0.571. The Labute approximate surface area is 108 Å². The minimum atomic E-state index is -0.190. The lowest BCUT2D eigenvalue weighted by atomic mass is 9.77. The molecule has 0 saturated heterocycles. The van der Waals surface area contributed by atoms with Crippen LogP contribution in [0.2, 0.25) is 0 Å². The molecule has 4 heteroatoms. The maximum atomic E-state index is 9.47. The van der Waals surface area contributed by atoms with E-state index in [4.69, 9.17) is 10.5 Å². The molecule has 1 aromatic carbocycles. The van der Waals surface area contributed by atoms with Gasteiger partial charge in [0.1, 0.15) is 5.75 Å². The van der Waals surface area contributed by atoms with E-state index in [1.165, 1.54) is 0 Å². The number of benzene rings is 1. The number of nitrogens with two attached hydrogens (primary N) is 1. The van der Waals surface area contributed by atoms with E-state index >= 15 is 0 Å². The Balaban J connectivity index is 2.18. The average Bonchev–Trinajstić information content (AvgIpc) is 2.27. The largest absolute Gasteiger partial charge is 0.489 e. The Hall–Kier alpha value is -1.42. The number of nitrogens with one attached hydrogen (secondary N) is 1. The Morgan fingerprint density at radius 3 is 2.67 bits per heavy atom. The van der Waals surface area contributed by atoms with Crippen molar-refractivity contribution in [3.63, 3.8) is 0 Å². The van der Waals surface area contributed by atoms with Crippen molar-refractivity contribution in [3.8, 4) is 5.75 Å². The molecule has 18 heavy (non-hydrogen) atoms. The smallest absolute Gasteiger partial charge is 0.144 e. The maximum Gasteiger partial charge on any atom is 0.144 e. The molecule has 4 N–H and O–H groups in total. The highest BCUT2D eigenvalue weighted by molar-refractivity contribution is 5.73. The van der Waals surface area contributed by atoms with Crippen LogP contribution in [0.5, 0.6) is 5.75 Å². The molecule has 0 atom stereocenters. The van der Waals surface area contributed by atoms with Gasteiger partial charge in [-0.1, -0.05) is 6.07 Å². The molecule has 0 spiro atoms. The molecule has 2 rings (SSSR count). The number of hydrogen-bond acceptors (Lipinski definition) is 4. The second-order valence-corrected chi connectivity index (χ2v) is 5.30. The molecule has 0 radical (unpaired) electrons. The highest BCUT2D eigenvalue weighted by Crippen LogP contribution is 2.38. The van der Waals surface area contributed by atoms with E-state index in [1.807, 2.05) is 32.0 Å². The van der Waals surface area contributed by atoms with Gasteiger partial charge in [0.25, 0.3) is 0 Å². The molecule has 0 heterocycles. The van der Waals surface area contributed by atoms with Crippen molar-refractivity contribution in [3.05, 3.63) is 18.2 Å². The van der Waals surface area contributed by atoms with Gasteiger partial charge >= 0.3 is 0 Å². The molecule has 0 unspecified atom stereocenters. The van der Waals surface area contributed by atoms with Crippen molar-refractivity contribution in [1.29, 1.82) is 0 Å². The van der Waals surface area contributed by atoms with Crippen LogP contribution in [0.15, 0.2) is 18.2 Å². The predicted octanol–water partition coefficient (Wildman–Crippen LogP) is 2.38. The molecule has 1 aliphatic carbocycles. The first kappa shape index (κ1) is 13.0. The zero-order valence-electron chi connectivity index (χ0n) is 11.1. The molecule has 4 nitrogen and oxygen atoms in total. The molecule has 0 amide bonds. The third-order valence-electron chi connectivity index (χ3n) is 3.44. The van der Waals surface area contributed by atoms with Gasteiger partial charge in [-0.05, 0) is 45.2 Å². The summed E-state index contributed by atoms with van der Waals surface area (Å²) in [5, 5.41) is 12.8. The standard InChI is InChI=1S/C14H22N2O2/c1-10(2)18-12-6-3-5-11(13(12)15)16-14(9-17)7-4-8-14/h3,5-6,10,16-17H,4,7-9,15H2,1-2H3. The van der Waals surface area contributed by atoms with Crippen LogP contribution >= 0.6 is 0 Å². The van der Waals surface area contributed by atoms with Crippen LogP contribution in [0.4, 0.5) is 11.4 Å². The molecule has 1 saturated carbocycles. The molecule has 1 fully saturated rings. The summed E-state index contributed by atoms with van der Waals surface area (Å²) in [6.07, 6.45) is 3.21. The number of anilines is 2. The fourth-order valence-corrected chi connectivity index (χ4v) is 2.22. The monoisotopic (exact) mass is 250 g/mol. The van der Waals surface area contributed by atoms with Crippen molar-refractivity contribution in [2.45, 2.75) is 44.8 Å². The molecule has 0 aromatic heterocycles. The van der Waals surface area contributed by atoms with Crippen LogP contribution in [0.1, 0.15) is 33.1 Å². The number of para-hydroxylation sites is 1. The van der Waals surface area contributed by atoms with Gasteiger partial charge in [-0.3, -0.25) is 0 Å². The van der Waals surface area contributed by atoms with Gasteiger partial charge in [-0.2, -0.15) is 0 Å². The Kier molecular flexibility index (Phi) is 3.66. The van der Waals surface area contributed by atoms with E-state index in [0.29, 0.717) is 11.4 Å². The number of aliphatic hydroxyl groups is 1. The summed E-state index contributed by atoms with van der Waals surface area (Å²) in [5.74, 6) is 0.697. The summed E-state index contributed by atoms with van der Waals surface area (Å²) in [7, 11) is 0. The lowest BCUT2D eigenvalue weighted by Gasteiger charge is -2.42. The number of ether oxygens (including phenoxy) is 1. The van der Waals surface area contributed by atoms with Gasteiger partial charge in [0.05, 0.1) is 29.6 Å². The van der Waals surface area contributed by atoms with Gasteiger partial charge in [-0.25, -0.2) is 0 Å². The van der Waals surface area contributed by atoms with E-state index < -0.39 is 0 Å². The first-order valence-corrected chi connectivity index (χ1v) is 6.50. The minimum absolute atomic E-state index is 0.0954. The topological polar surface area (TPSA) is 67.5 Å². The van der Waals surface area contributed by atoms with Gasteiger partial charge < -0.3 is 20.9 Å². The van der Waals surface area contributed by atoms with Gasteiger partial charge in [0.15, 0.2) is 0 Å². The lowest BCUT2D eigenvalue weighted by Crippen LogP contribution is -2.48. The summed E-state index contributed by atoms with van der Waals surface area (Å²) in [4.78, 5) is 0. The molecular formula is C14H22N2O2. The fourth-order valence-electron chi connectivity index (χ4n) is 2.22. The van der Waals surface area contributed by atoms with Crippen LogP contribution in [0, 0.1) is 0 Å². The average molecular weight is 250 g/mol. The zero-order valence-corrected chi connectivity index (χ0v) is 11.1. The summed E-state index contributed by atoms with van der Waals surface area (Å²) >= 11 is 0.